The molecule has 1 radical (unpaired) electrons. The Hall–Kier alpha value is -0.0800. The van der Waals surface area contributed by atoms with Crippen LogP contribution < -0.4 is 0 Å². The minimum Gasteiger partial charge on any atom is -0.370 e. The van der Waals surface area contributed by atoms with Crippen LogP contribution in [-0.2, 0) is 9.47 Å². The van der Waals surface area contributed by atoms with E-state index in [0.717, 1.165) is 11.8 Å². The zero-order valence-corrected chi connectivity index (χ0v) is 9.10. The first kappa shape index (κ1) is 9.00. The van der Waals surface area contributed by atoms with Gasteiger partial charge in [0.15, 0.2) is 0 Å². The van der Waals surface area contributed by atoms with E-state index in [1.54, 1.807) is 0 Å². The lowest BCUT2D eigenvalue weighted by molar-refractivity contribution is 0.338. The molecule has 4 fully saturated rings. The summed E-state index contributed by atoms with van der Waals surface area (Å²) in [6.07, 6.45) is 13.2. The van der Waals surface area contributed by atoms with Gasteiger partial charge in [-0.2, -0.15) is 0 Å². The Morgan fingerprint density at radius 3 is 1.67 bits per heavy atom. The second-order valence-corrected chi connectivity index (χ2v) is 5.76. The van der Waals surface area contributed by atoms with Crippen molar-refractivity contribution in [2.24, 2.45) is 11.8 Å². The molecular weight excluding hydrogens is 188 g/mol. The highest BCUT2D eigenvalue weighted by Crippen LogP contribution is 2.45. The van der Waals surface area contributed by atoms with Crippen LogP contribution in [0.4, 0.5) is 0 Å². The van der Waals surface area contributed by atoms with Crippen LogP contribution in [0, 0.1) is 18.3 Å². The maximum Gasteiger partial charge on any atom is 0.0844 e. The van der Waals surface area contributed by atoms with Crippen molar-refractivity contribution in [3.05, 3.63) is 6.42 Å². The molecule has 2 aliphatic heterocycles. The molecule has 0 aromatic carbocycles. The minimum atomic E-state index is 0.633. The van der Waals surface area contributed by atoms with Gasteiger partial charge in [-0.3, -0.25) is 0 Å². The first-order chi connectivity index (χ1) is 7.38. The SMILES string of the molecule is [CH](C1CCC2OC2C1)C1CCC2OC2C1. The van der Waals surface area contributed by atoms with Gasteiger partial charge >= 0.3 is 0 Å². The molecule has 2 saturated heterocycles. The molecule has 2 heteroatoms. The Kier molecular flexibility index (Phi) is 1.92. The first-order valence-electron chi connectivity index (χ1n) is 6.54. The van der Waals surface area contributed by atoms with Crippen molar-refractivity contribution in [2.45, 2.75) is 62.9 Å². The molecule has 4 rings (SSSR count). The number of ether oxygens (including phenoxy) is 2. The topological polar surface area (TPSA) is 25.1 Å². The van der Waals surface area contributed by atoms with E-state index in [9.17, 15) is 0 Å². The summed E-state index contributed by atoms with van der Waals surface area (Å²) in [7, 11) is 0. The highest BCUT2D eigenvalue weighted by molar-refractivity contribution is 5.01. The quantitative estimate of drug-likeness (QED) is 0.649. The van der Waals surface area contributed by atoms with E-state index in [1.165, 1.54) is 38.5 Å². The Morgan fingerprint density at radius 1 is 0.667 bits per heavy atom. The maximum absolute atomic E-state index is 5.58. The molecule has 2 saturated carbocycles. The van der Waals surface area contributed by atoms with E-state index < -0.39 is 0 Å². The van der Waals surface area contributed by atoms with Crippen LogP contribution in [0.2, 0.25) is 0 Å². The number of rotatable bonds is 2. The second-order valence-electron chi connectivity index (χ2n) is 5.76. The third kappa shape index (κ3) is 1.72. The zero-order chi connectivity index (χ0) is 9.83. The number of epoxide rings is 2. The highest BCUT2D eigenvalue weighted by atomic mass is 16.6. The van der Waals surface area contributed by atoms with Gasteiger partial charge in [0.1, 0.15) is 0 Å². The number of hydrogen-bond acceptors (Lipinski definition) is 2. The fraction of sp³-hybridized carbons (Fsp3) is 0.923. The van der Waals surface area contributed by atoms with Crippen LogP contribution in [-0.4, -0.2) is 24.4 Å². The second kappa shape index (κ2) is 3.21. The lowest BCUT2D eigenvalue weighted by Gasteiger charge is -2.25. The van der Waals surface area contributed by atoms with Crippen LogP contribution in [0.1, 0.15) is 38.5 Å². The third-order valence-electron chi connectivity index (χ3n) is 4.63. The van der Waals surface area contributed by atoms with Crippen LogP contribution in [0.15, 0.2) is 0 Å². The number of fused-ring (bicyclic) bond motifs is 2. The molecule has 2 aliphatic carbocycles. The van der Waals surface area contributed by atoms with Crippen LogP contribution in [0.3, 0.4) is 0 Å². The van der Waals surface area contributed by atoms with E-state index in [1.807, 2.05) is 0 Å². The largest absolute Gasteiger partial charge is 0.370 e. The number of hydrogen-bond donors (Lipinski definition) is 0. The Balaban J connectivity index is 1.31. The molecule has 0 bridgehead atoms. The molecule has 0 N–H and O–H groups in total. The summed E-state index contributed by atoms with van der Waals surface area (Å²) < 4.78 is 11.2. The van der Waals surface area contributed by atoms with E-state index >= 15 is 0 Å². The fourth-order valence-electron chi connectivity index (χ4n) is 3.60. The van der Waals surface area contributed by atoms with Crippen molar-refractivity contribution >= 4 is 0 Å². The van der Waals surface area contributed by atoms with Gasteiger partial charge in [-0.25, -0.2) is 0 Å². The Morgan fingerprint density at radius 2 is 1.20 bits per heavy atom. The van der Waals surface area contributed by atoms with Crippen LogP contribution in [0.25, 0.3) is 0 Å². The predicted octanol–water partition coefficient (Wildman–Crippen LogP) is 2.33. The summed E-state index contributed by atoms with van der Waals surface area (Å²) in [5, 5.41) is 0. The fourth-order valence-corrected chi connectivity index (χ4v) is 3.60. The smallest absolute Gasteiger partial charge is 0.0844 e. The standard InChI is InChI=1S/C13H19O2/c1-3-10-12(14-10)6-8(1)5-9-2-4-11-13(7-9)15-11/h5,8-13H,1-4,6-7H2. The first-order valence-corrected chi connectivity index (χ1v) is 6.54. The molecule has 0 aromatic rings. The van der Waals surface area contributed by atoms with Crippen molar-refractivity contribution in [3.8, 4) is 0 Å². The third-order valence-corrected chi connectivity index (χ3v) is 4.63. The summed E-state index contributed by atoms with van der Waals surface area (Å²) in [4.78, 5) is 0. The minimum absolute atomic E-state index is 0.633. The molecular formula is C13H19O2. The summed E-state index contributed by atoms with van der Waals surface area (Å²) >= 11 is 0. The molecule has 0 spiro atoms. The summed E-state index contributed by atoms with van der Waals surface area (Å²) in [6.45, 7) is 0. The normalized spacial score (nSPS) is 56.8. The molecule has 4 aliphatic rings. The Labute approximate surface area is 91.3 Å². The predicted molar refractivity (Wildman–Crippen MR) is 56.3 cm³/mol. The van der Waals surface area contributed by atoms with E-state index in [2.05, 4.69) is 6.42 Å². The maximum atomic E-state index is 5.58. The van der Waals surface area contributed by atoms with E-state index in [0.29, 0.717) is 24.4 Å². The van der Waals surface area contributed by atoms with Gasteiger partial charge in [0.2, 0.25) is 0 Å². The summed E-state index contributed by atoms with van der Waals surface area (Å²) in [5.41, 5.74) is 0. The molecule has 2 nitrogen and oxygen atoms in total. The average molecular weight is 207 g/mol. The highest BCUT2D eigenvalue weighted by Gasteiger charge is 2.47. The molecule has 6 unspecified atom stereocenters. The van der Waals surface area contributed by atoms with Crippen LogP contribution >= 0.6 is 0 Å². The van der Waals surface area contributed by atoms with Crippen molar-refractivity contribution < 1.29 is 9.47 Å². The molecule has 6 atom stereocenters. The van der Waals surface area contributed by atoms with Gasteiger partial charge in [0, 0.05) is 0 Å². The molecule has 0 amide bonds. The van der Waals surface area contributed by atoms with Crippen molar-refractivity contribution in [2.75, 3.05) is 0 Å². The lowest BCUT2D eigenvalue weighted by Crippen LogP contribution is -2.21. The molecule has 83 valence electrons. The average Bonchev–Trinajstić information content (AvgIpc) is 3.11. The monoisotopic (exact) mass is 207 g/mol. The Bertz CT molecular complexity index is 239. The summed E-state index contributed by atoms with van der Waals surface area (Å²) in [6, 6.07) is 0. The molecule has 0 aromatic heterocycles. The van der Waals surface area contributed by atoms with Gasteiger partial charge < -0.3 is 9.47 Å². The lowest BCUT2D eigenvalue weighted by atomic mass is 9.78. The van der Waals surface area contributed by atoms with Crippen LogP contribution in [0.5, 0.6) is 0 Å². The van der Waals surface area contributed by atoms with Gasteiger partial charge in [0.05, 0.1) is 24.4 Å². The van der Waals surface area contributed by atoms with Crippen molar-refractivity contribution in [3.63, 3.8) is 0 Å². The van der Waals surface area contributed by atoms with E-state index in [-0.39, 0.29) is 0 Å². The van der Waals surface area contributed by atoms with Gasteiger partial charge in [0.25, 0.3) is 0 Å². The molecule has 2 heterocycles. The van der Waals surface area contributed by atoms with E-state index in [4.69, 9.17) is 9.47 Å². The van der Waals surface area contributed by atoms with Crippen molar-refractivity contribution in [1.82, 2.24) is 0 Å². The summed E-state index contributed by atoms with van der Waals surface area (Å²) in [5.74, 6) is 1.68. The van der Waals surface area contributed by atoms with Gasteiger partial charge in [-0.15, -0.1) is 0 Å². The van der Waals surface area contributed by atoms with Gasteiger partial charge in [-0.05, 0) is 56.8 Å². The zero-order valence-electron chi connectivity index (χ0n) is 9.10. The van der Waals surface area contributed by atoms with Gasteiger partial charge in [-0.1, -0.05) is 0 Å². The van der Waals surface area contributed by atoms with Crippen molar-refractivity contribution in [1.29, 1.82) is 0 Å². The molecule has 15 heavy (non-hydrogen) atoms.